The van der Waals surface area contributed by atoms with Crippen LogP contribution in [0.1, 0.15) is 54.9 Å². The lowest BCUT2D eigenvalue weighted by Gasteiger charge is -2.26. The molecule has 1 aliphatic rings. The van der Waals surface area contributed by atoms with Gasteiger partial charge in [0.1, 0.15) is 0 Å². The Hall–Kier alpha value is -0.820. The highest BCUT2D eigenvalue weighted by molar-refractivity contribution is 5.38. The summed E-state index contributed by atoms with van der Waals surface area (Å²) in [7, 11) is 0. The lowest BCUT2D eigenvalue weighted by molar-refractivity contribution is 0.361. The number of hydrogen-bond acceptors (Lipinski definition) is 1. The molecular formula is C18H29N. The Bertz CT molecular complexity index is 393. The molecule has 0 saturated heterocycles. The SMILES string of the molecule is CCNC(Cc1c(C)cc(C)cc1C)C1CCCC1. The maximum atomic E-state index is 3.74. The fraction of sp³-hybridized carbons (Fsp3) is 0.667. The van der Waals surface area contributed by atoms with E-state index < -0.39 is 0 Å². The molecule has 0 aromatic heterocycles. The first-order valence-corrected chi connectivity index (χ1v) is 7.92. The van der Waals surface area contributed by atoms with Gasteiger partial charge in [0.15, 0.2) is 0 Å². The van der Waals surface area contributed by atoms with Crippen molar-refractivity contribution in [2.24, 2.45) is 5.92 Å². The van der Waals surface area contributed by atoms with Crippen molar-refractivity contribution >= 4 is 0 Å². The molecule has 1 unspecified atom stereocenters. The van der Waals surface area contributed by atoms with E-state index in [-0.39, 0.29) is 0 Å². The molecule has 106 valence electrons. The van der Waals surface area contributed by atoms with Gasteiger partial charge in [-0.05, 0) is 69.2 Å². The Morgan fingerprint density at radius 3 is 2.21 bits per heavy atom. The van der Waals surface area contributed by atoms with Gasteiger partial charge in [0.25, 0.3) is 0 Å². The van der Waals surface area contributed by atoms with Crippen LogP contribution in [0.2, 0.25) is 0 Å². The van der Waals surface area contributed by atoms with Crippen LogP contribution in [0.15, 0.2) is 12.1 Å². The Labute approximate surface area is 118 Å². The molecule has 0 spiro atoms. The Kier molecular flexibility index (Phi) is 5.04. The first-order valence-electron chi connectivity index (χ1n) is 7.92. The maximum absolute atomic E-state index is 3.74. The van der Waals surface area contributed by atoms with Gasteiger partial charge in [-0.3, -0.25) is 0 Å². The highest BCUT2D eigenvalue weighted by Gasteiger charge is 2.25. The summed E-state index contributed by atoms with van der Waals surface area (Å²) in [4.78, 5) is 0. The molecule has 1 nitrogen and oxygen atoms in total. The summed E-state index contributed by atoms with van der Waals surface area (Å²) in [6.45, 7) is 10.1. The van der Waals surface area contributed by atoms with Gasteiger partial charge in [-0.15, -0.1) is 0 Å². The van der Waals surface area contributed by atoms with E-state index in [9.17, 15) is 0 Å². The maximum Gasteiger partial charge on any atom is 0.0136 e. The summed E-state index contributed by atoms with van der Waals surface area (Å²) in [5.41, 5.74) is 5.90. The first kappa shape index (κ1) is 14.6. The molecule has 1 N–H and O–H groups in total. The van der Waals surface area contributed by atoms with E-state index in [2.05, 4.69) is 45.1 Å². The minimum absolute atomic E-state index is 0.674. The third-order valence-corrected chi connectivity index (χ3v) is 4.70. The quantitative estimate of drug-likeness (QED) is 0.830. The summed E-state index contributed by atoms with van der Waals surface area (Å²) in [5, 5.41) is 3.74. The summed E-state index contributed by atoms with van der Waals surface area (Å²) in [6, 6.07) is 5.34. The number of rotatable bonds is 5. The highest BCUT2D eigenvalue weighted by atomic mass is 14.9. The molecule has 1 fully saturated rings. The molecule has 1 saturated carbocycles. The Balaban J connectivity index is 2.16. The van der Waals surface area contributed by atoms with Crippen molar-refractivity contribution in [3.63, 3.8) is 0 Å². The third kappa shape index (κ3) is 3.60. The summed E-state index contributed by atoms with van der Waals surface area (Å²) < 4.78 is 0. The fourth-order valence-corrected chi connectivity index (χ4v) is 3.78. The normalized spacial score (nSPS) is 17.9. The zero-order chi connectivity index (χ0) is 13.8. The standard InChI is InChI=1S/C18H29N/c1-5-19-18(16-8-6-7-9-16)12-17-14(3)10-13(2)11-15(17)4/h10-11,16,18-19H,5-9,12H2,1-4H3. The van der Waals surface area contributed by atoms with Gasteiger partial charge in [-0.1, -0.05) is 37.5 Å². The van der Waals surface area contributed by atoms with Gasteiger partial charge in [0, 0.05) is 6.04 Å². The smallest absolute Gasteiger partial charge is 0.0136 e. The van der Waals surface area contributed by atoms with E-state index >= 15 is 0 Å². The van der Waals surface area contributed by atoms with Gasteiger partial charge >= 0.3 is 0 Å². The van der Waals surface area contributed by atoms with Crippen LogP contribution in [-0.4, -0.2) is 12.6 Å². The van der Waals surface area contributed by atoms with Crippen molar-refractivity contribution in [1.29, 1.82) is 0 Å². The van der Waals surface area contributed by atoms with Crippen LogP contribution in [0.5, 0.6) is 0 Å². The predicted molar refractivity (Wildman–Crippen MR) is 83.8 cm³/mol. The van der Waals surface area contributed by atoms with E-state index in [4.69, 9.17) is 0 Å². The minimum atomic E-state index is 0.674. The van der Waals surface area contributed by atoms with Gasteiger partial charge in [0.2, 0.25) is 0 Å². The summed E-state index contributed by atoms with van der Waals surface area (Å²) in [6.07, 6.45) is 6.90. The molecule has 2 rings (SSSR count). The molecule has 0 aliphatic heterocycles. The van der Waals surface area contributed by atoms with Gasteiger partial charge in [-0.25, -0.2) is 0 Å². The van der Waals surface area contributed by atoms with Gasteiger partial charge in [-0.2, -0.15) is 0 Å². The van der Waals surface area contributed by atoms with Gasteiger partial charge in [0.05, 0.1) is 0 Å². The Morgan fingerprint density at radius 2 is 1.68 bits per heavy atom. The van der Waals surface area contributed by atoms with Crippen LogP contribution in [-0.2, 0) is 6.42 Å². The van der Waals surface area contributed by atoms with Gasteiger partial charge < -0.3 is 5.32 Å². The van der Waals surface area contributed by atoms with Crippen molar-refractivity contribution in [1.82, 2.24) is 5.32 Å². The van der Waals surface area contributed by atoms with Crippen LogP contribution in [0.25, 0.3) is 0 Å². The number of nitrogens with one attached hydrogen (secondary N) is 1. The Morgan fingerprint density at radius 1 is 1.11 bits per heavy atom. The van der Waals surface area contributed by atoms with E-state index in [1.54, 1.807) is 5.56 Å². The first-order chi connectivity index (χ1) is 9.11. The fourth-order valence-electron chi connectivity index (χ4n) is 3.78. The van der Waals surface area contributed by atoms with Crippen molar-refractivity contribution in [3.05, 3.63) is 34.4 Å². The summed E-state index contributed by atoms with van der Waals surface area (Å²) >= 11 is 0. The highest BCUT2D eigenvalue weighted by Crippen LogP contribution is 2.30. The van der Waals surface area contributed by atoms with E-state index in [0.29, 0.717) is 6.04 Å². The zero-order valence-corrected chi connectivity index (χ0v) is 13.1. The lowest BCUT2D eigenvalue weighted by Crippen LogP contribution is -2.37. The number of aryl methyl sites for hydroxylation is 3. The van der Waals surface area contributed by atoms with Crippen molar-refractivity contribution in [2.45, 2.75) is 65.8 Å². The number of hydrogen-bond donors (Lipinski definition) is 1. The molecule has 0 bridgehead atoms. The lowest BCUT2D eigenvalue weighted by atomic mass is 9.88. The minimum Gasteiger partial charge on any atom is -0.314 e. The van der Waals surface area contributed by atoms with Crippen LogP contribution < -0.4 is 5.32 Å². The molecule has 0 radical (unpaired) electrons. The number of benzene rings is 1. The molecule has 1 heteroatoms. The third-order valence-electron chi connectivity index (χ3n) is 4.70. The molecule has 19 heavy (non-hydrogen) atoms. The average molecular weight is 259 g/mol. The zero-order valence-electron chi connectivity index (χ0n) is 13.1. The second-order valence-electron chi connectivity index (χ2n) is 6.29. The van der Waals surface area contributed by atoms with E-state index in [1.807, 2.05) is 0 Å². The van der Waals surface area contributed by atoms with Crippen molar-refractivity contribution in [3.8, 4) is 0 Å². The van der Waals surface area contributed by atoms with Crippen LogP contribution >= 0.6 is 0 Å². The second kappa shape index (κ2) is 6.56. The summed E-state index contributed by atoms with van der Waals surface area (Å²) in [5.74, 6) is 0.889. The molecule has 1 aromatic rings. The van der Waals surface area contributed by atoms with Crippen LogP contribution in [0.4, 0.5) is 0 Å². The average Bonchev–Trinajstić information content (AvgIpc) is 2.85. The molecule has 1 aliphatic carbocycles. The molecule has 0 amide bonds. The van der Waals surface area contributed by atoms with E-state index in [0.717, 1.165) is 12.5 Å². The second-order valence-corrected chi connectivity index (χ2v) is 6.29. The monoisotopic (exact) mass is 259 g/mol. The predicted octanol–water partition coefficient (Wildman–Crippen LogP) is 4.32. The topological polar surface area (TPSA) is 12.0 Å². The molecule has 0 heterocycles. The largest absolute Gasteiger partial charge is 0.314 e. The van der Waals surface area contributed by atoms with Crippen molar-refractivity contribution < 1.29 is 0 Å². The molecule has 1 aromatic carbocycles. The van der Waals surface area contributed by atoms with Crippen LogP contribution in [0, 0.1) is 26.7 Å². The van der Waals surface area contributed by atoms with Crippen molar-refractivity contribution in [2.75, 3.05) is 6.54 Å². The van der Waals surface area contributed by atoms with Crippen LogP contribution in [0.3, 0.4) is 0 Å². The molecule has 1 atom stereocenters. The molecular weight excluding hydrogens is 230 g/mol. The van der Waals surface area contributed by atoms with E-state index in [1.165, 1.54) is 48.8 Å². The number of likely N-dealkylation sites (N-methyl/N-ethyl adjacent to an activating group) is 1.